The van der Waals surface area contributed by atoms with E-state index in [2.05, 4.69) is 20.1 Å². The van der Waals surface area contributed by atoms with Crippen LogP contribution in [0, 0.1) is 18.7 Å². The van der Waals surface area contributed by atoms with Crippen molar-refractivity contribution in [3.8, 4) is 11.4 Å². The number of aromatic nitrogens is 4. The molecule has 1 aliphatic heterocycles. The van der Waals surface area contributed by atoms with Gasteiger partial charge >= 0.3 is 6.18 Å². The lowest BCUT2D eigenvalue weighted by atomic mass is 9.93. The number of alkyl halides is 3. The van der Waals surface area contributed by atoms with E-state index in [1.165, 1.54) is 6.07 Å². The molecule has 3 heterocycles. The highest BCUT2D eigenvalue weighted by atomic mass is 35.5. The first kappa shape index (κ1) is 25.9. The molecule has 0 spiro atoms. The first-order chi connectivity index (χ1) is 16.2. The molecule has 0 N–H and O–H groups in total. The minimum absolute atomic E-state index is 0. The smallest absolute Gasteiger partial charge is 0.305 e. The molecule has 2 unspecified atom stereocenters. The SMILES string of the molecule is Cc1ncccc1-c1nnc(SCCCN2CC3CC3(c3ccc(C(F)(F)F)cc3F)C2)n1C.Cl. The zero-order valence-corrected chi connectivity index (χ0v) is 21.0. The van der Waals surface area contributed by atoms with E-state index >= 15 is 0 Å². The lowest BCUT2D eigenvalue weighted by Gasteiger charge is -2.21. The molecule has 0 amide bonds. The average molecular weight is 528 g/mol. The number of aryl methyl sites for hydroxylation is 1. The van der Waals surface area contributed by atoms with E-state index in [0.29, 0.717) is 24.1 Å². The maximum atomic E-state index is 14.6. The first-order valence-corrected chi connectivity index (χ1v) is 12.2. The number of likely N-dealkylation sites (tertiary alicyclic amines) is 1. The van der Waals surface area contributed by atoms with E-state index in [-0.39, 0.29) is 17.8 Å². The van der Waals surface area contributed by atoms with Crippen LogP contribution in [-0.4, -0.2) is 50.0 Å². The third kappa shape index (κ3) is 4.93. The minimum Gasteiger partial charge on any atom is -0.305 e. The lowest BCUT2D eigenvalue weighted by molar-refractivity contribution is -0.137. The zero-order chi connectivity index (χ0) is 24.1. The molecule has 0 bridgehead atoms. The van der Waals surface area contributed by atoms with Crippen LogP contribution in [0.3, 0.4) is 0 Å². The summed E-state index contributed by atoms with van der Waals surface area (Å²) in [7, 11) is 1.94. The molecule has 1 aliphatic carbocycles. The molecule has 3 aromatic rings. The van der Waals surface area contributed by atoms with Crippen molar-refractivity contribution in [2.75, 3.05) is 25.4 Å². The second-order valence-electron chi connectivity index (χ2n) is 9.19. The summed E-state index contributed by atoms with van der Waals surface area (Å²) >= 11 is 1.64. The van der Waals surface area contributed by atoms with Gasteiger partial charge in [-0.1, -0.05) is 17.8 Å². The van der Waals surface area contributed by atoms with Crippen LogP contribution < -0.4 is 0 Å². The largest absolute Gasteiger partial charge is 0.416 e. The third-order valence-electron chi connectivity index (χ3n) is 6.98. The summed E-state index contributed by atoms with van der Waals surface area (Å²) < 4.78 is 55.2. The summed E-state index contributed by atoms with van der Waals surface area (Å²) in [6.45, 7) is 4.36. The Bertz CT molecular complexity index is 1220. The number of thioether (sulfide) groups is 1. The minimum atomic E-state index is -4.53. The van der Waals surface area contributed by atoms with Gasteiger partial charge in [-0.3, -0.25) is 4.98 Å². The highest BCUT2D eigenvalue weighted by Crippen LogP contribution is 2.59. The molecule has 2 aromatic heterocycles. The van der Waals surface area contributed by atoms with Crippen LogP contribution in [-0.2, 0) is 18.6 Å². The van der Waals surface area contributed by atoms with Gasteiger partial charge in [-0.05, 0) is 62.1 Å². The number of hydrogen-bond donors (Lipinski definition) is 0. The second kappa shape index (κ2) is 9.71. The highest BCUT2D eigenvalue weighted by molar-refractivity contribution is 7.99. The van der Waals surface area contributed by atoms with Crippen LogP contribution in [0.15, 0.2) is 41.7 Å². The van der Waals surface area contributed by atoms with Gasteiger partial charge in [-0.2, -0.15) is 13.2 Å². The molecule has 5 nitrogen and oxygen atoms in total. The maximum Gasteiger partial charge on any atom is 0.416 e. The van der Waals surface area contributed by atoms with Gasteiger partial charge in [0, 0.05) is 48.8 Å². The van der Waals surface area contributed by atoms with Crippen molar-refractivity contribution < 1.29 is 17.6 Å². The highest BCUT2D eigenvalue weighted by Gasteiger charge is 2.61. The van der Waals surface area contributed by atoms with Crippen LogP contribution >= 0.6 is 24.2 Å². The van der Waals surface area contributed by atoms with Crippen LogP contribution in [0.25, 0.3) is 11.4 Å². The Labute approximate surface area is 211 Å². The number of halogens is 5. The Morgan fingerprint density at radius 3 is 2.71 bits per heavy atom. The normalized spacial score (nSPS) is 21.6. The monoisotopic (exact) mass is 527 g/mol. The van der Waals surface area contributed by atoms with E-state index in [9.17, 15) is 17.6 Å². The Kier molecular flexibility index (Phi) is 7.19. The third-order valence-corrected chi connectivity index (χ3v) is 8.09. The molecule has 1 aromatic carbocycles. The molecular formula is C24H26ClF4N5S. The number of pyridine rings is 1. The van der Waals surface area contributed by atoms with Crippen LogP contribution in [0.5, 0.6) is 0 Å². The second-order valence-corrected chi connectivity index (χ2v) is 10.3. The van der Waals surface area contributed by atoms with Crippen molar-refractivity contribution in [3.05, 3.63) is 59.2 Å². The molecule has 2 atom stereocenters. The molecule has 1 saturated carbocycles. The van der Waals surface area contributed by atoms with Crippen molar-refractivity contribution >= 4 is 24.2 Å². The van der Waals surface area contributed by atoms with Crippen molar-refractivity contribution in [1.82, 2.24) is 24.6 Å². The van der Waals surface area contributed by atoms with Gasteiger partial charge in [0.1, 0.15) is 5.82 Å². The van der Waals surface area contributed by atoms with E-state index in [4.69, 9.17) is 0 Å². The van der Waals surface area contributed by atoms with Crippen LogP contribution in [0.2, 0.25) is 0 Å². The van der Waals surface area contributed by atoms with Gasteiger partial charge in [0.15, 0.2) is 11.0 Å². The van der Waals surface area contributed by atoms with Crippen LogP contribution in [0.1, 0.15) is 29.7 Å². The molecule has 2 aliphatic rings. The molecule has 5 rings (SSSR count). The van der Waals surface area contributed by atoms with Gasteiger partial charge in [-0.15, -0.1) is 22.6 Å². The van der Waals surface area contributed by atoms with E-state index in [0.717, 1.165) is 60.0 Å². The van der Waals surface area contributed by atoms with Crippen LogP contribution in [0.4, 0.5) is 17.6 Å². The molecule has 11 heteroatoms. The molecule has 188 valence electrons. The number of piperidine rings is 1. The average Bonchev–Trinajstić information content (AvgIpc) is 3.16. The molecule has 0 radical (unpaired) electrons. The molecular weight excluding hydrogens is 502 g/mol. The summed E-state index contributed by atoms with van der Waals surface area (Å²) in [4.78, 5) is 6.61. The first-order valence-electron chi connectivity index (χ1n) is 11.2. The molecule has 35 heavy (non-hydrogen) atoms. The Morgan fingerprint density at radius 2 is 2.00 bits per heavy atom. The fourth-order valence-corrected chi connectivity index (χ4v) is 5.95. The fraction of sp³-hybridized carbons (Fsp3) is 0.458. The number of fused-ring (bicyclic) bond motifs is 1. The number of rotatable bonds is 7. The quantitative estimate of drug-likeness (QED) is 0.230. The van der Waals surface area contributed by atoms with E-state index < -0.39 is 17.6 Å². The lowest BCUT2D eigenvalue weighted by Crippen LogP contribution is -2.28. The van der Waals surface area contributed by atoms with Gasteiger partial charge in [0.25, 0.3) is 0 Å². The Balaban J connectivity index is 0.00000289. The number of nitrogens with zero attached hydrogens (tertiary/aromatic N) is 5. The van der Waals surface area contributed by atoms with Crippen molar-refractivity contribution in [1.29, 1.82) is 0 Å². The summed E-state index contributed by atoms with van der Waals surface area (Å²) in [6.07, 6.45) is -1.00. The predicted molar refractivity (Wildman–Crippen MR) is 129 cm³/mol. The van der Waals surface area contributed by atoms with Crippen molar-refractivity contribution in [3.63, 3.8) is 0 Å². The zero-order valence-electron chi connectivity index (χ0n) is 19.3. The van der Waals surface area contributed by atoms with Gasteiger partial charge in [-0.25, -0.2) is 4.39 Å². The van der Waals surface area contributed by atoms with Gasteiger partial charge < -0.3 is 9.47 Å². The van der Waals surface area contributed by atoms with Crippen molar-refractivity contribution in [2.45, 2.75) is 36.5 Å². The Hall–Kier alpha value is -2.17. The number of benzene rings is 1. The molecule has 2 fully saturated rings. The standard InChI is InChI=1S/C24H25F4N5S.ClH/c1-15-18(5-3-8-29-15)21-30-31-22(32(21)2)34-10-4-9-33-13-17-12-23(17,14-33)19-7-6-16(11-20(19)25)24(26,27)28;/h3,5-8,11,17H,4,9-10,12-14H2,1-2H3;1H. The van der Waals surface area contributed by atoms with Crippen molar-refractivity contribution in [2.24, 2.45) is 13.0 Å². The summed E-state index contributed by atoms with van der Waals surface area (Å²) in [5.74, 6) is 1.22. The maximum absolute atomic E-state index is 14.6. The van der Waals surface area contributed by atoms with E-state index in [1.54, 1.807) is 18.0 Å². The molecule has 1 saturated heterocycles. The summed E-state index contributed by atoms with van der Waals surface area (Å²) in [5.41, 5.74) is 1.03. The van der Waals surface area contributed by atoms with Gasteiger partial charge in [0.2, 0.25) is 0 Å². The van der Waals surface area contributed by atoms with Gasteiger partial charge in [0.05, 0.1) is 5.56 Å². The topological polar surface area (TPSA) is 46.8 Å². The number of hydrogen-bond acceptors (Lipinski definition) is 5. The predicted octanol–water partition coefficient (Wildman–Crippen LogP) is 5.52. The summed E-state index contributed by atoms with van der Waals surface area (Å²) in [5, 5.41) is 9.48. The summed E-state index contributed by atoms with van der Waals surface area (Å²) in [6, 6.07) is 6.85. The fourth-order valence-electron chi connectivity index (χ4n) is 5.12. The van der Waals surface area contributed by atoms with E-state index in [1.807, 2.05) is 30.7 Å². The Morgan fingerprint density at radius 1 is 1.20 bits per heavy atom.